The Hall–Kier alpha value is -3.46. The van der Waals surface area contributed by atoms with Crippen LogP contribution in [-0.2, 0) is 4.79 Å². The summed E-state index contributed by atoms with van der Waals surface area (Å²) in [6, 6.07) is 6.93. The highest BCUT2D eigenvalue weighted by Gasteiger charge is 2.16. The molecule has 162 valence electrons. The second-order valence-electron chi connectivity index (χ2n) is 7.52. The highest BCUT2D eigenvalue weighted by Crippen LogP contribution is 2.30. The number of carbonyl (C=O) groups is 2. The van der Waals surface area contributed by atoms with Gasteiger partial charge in [-0.05, 0) is 44.0 Å². The third-order valence-electron chi connectivity index (χ3n) is 4.71. The van der Waals surface area contributed by atoms with Crippen molar-refractivity contribution < 1.29 is 14.7 Å². The minimum Gasteiger partial charge on any atom is -0.508 e. The topological polar surface area (TPSA) is 116 Å². The molecule has 2 heterocycles. The van der Waals surface area contributed by atoms with Crippen molar-refractivity contribution in [1.29, 1.82) is 0 Å². The van der Waals surface area contributed by atoms with Crippen molar-refractivity contribution in [3.8, 4) is 5.75 Å². The molecule has 4 N–H and O–H groups in total. The van der Waals surface area contributed by atoms with Gasteiger partial charge in [0, 0.05) is 11.5 Å². The zero-order chi connectivity index (χ0) is 22.7. The molecule has 0 unspecified atom stereocenters. The van der Waals surface area contributed by atoms with Crippen LogP contribution in [0.15, 0.2) is 30.5 Å². The number of phenols is 1. The predicted molar refractivity (Wildman–Crippen MR) is 123 cm³/mol. The summed E-state index contributed by atoms with van der Waals surface area (Å²) in [5.41, 5.74) is 2.91. The van der Waals surface area contributed by atoms with E-state index in [1.807, 2.05) is 33.8 Å². The highest BCUT2D eigenvalue weighted by atomic mass is 32.1. The van der Waals surface area contributed by atoms with E-state index in [1.54, 1.807) is 25.1 Å². The molecule has 9 heteroatoms. The fourth-order valence-corrected chi connectivity index (χ4v) is 3.45. The second-order valence-corrected chi connectivity index (χ2v) is 8.55. The molecule has 0 aliphatic heterocycles. The molecule has 0 fully saturated rings. The maximum atomic E-state index is 12.7. The average molecular weight is 440 g/mol. The van der Waals surface area contributed by atoms with Gasteiger partial charge in [-0.2, -0.15) is 0 Å². The Morgan fingerprint density at radius 3 is 2.45 bits per heavy atom. The first-order valence-electron chi connectivity index (χ1n) is 9.77. The molecule has 8 nitrogen and oxygen atoms in total. The third kappa shape index (κ3) is 5.18. The number of benzene rings is 1. The van der Waals surface area contributed by atoms with Crippen molar-refractivity contribution in [1.82, 2.24) is 9.97 Å². The van der Waals surface area contributed by atoms with Crippen LogP contribution < -0.4 is 16.0 Å². The number of carbonyl (C=O) groups excluding carboxylic acids is 2. The van der Waals surface area contributed by atoms with Crippen LogP contribution in [0, 0.1) is 26.7 Å². The van der Waals surface area contributed by atoms with E-state index in [2.05, 4.69) is 25.9 Å². The maximum absolute atomic E-state index is 12.7. The molecule has 0 spiro atoms. The van der Waals surface area contributed by atoms with Crippen LogP contribution in [0.25, 0.3) is 0 Å². The third-order valence-corrected chi connectivity index (χ3v) is 5.62. The number of aryl methyl sites for hydroxylation is 2. The Morgan fingerprint density at radius 2 is 1.74 bits per heavy atom. The number of thiazole rings is 1. The highest BCUT2D eigenvalue weighted by molar-refractivity contribution is 7.17. The molecule has 0 bridgehead atoms. The number of hydrogen-bond donors (Lipinski definition) is 4. The molecule has 0 saturated heterocycles. The van der Waals surface area contributed by atoms with Gasteiger partial charge < -0.3 is 21.1 Å². The molecule has 2 aromatic heterocycles. The summed E-state index contributed by atoms with van der Waals surface area (Å²) in [4.78, 5) is 33.7. The molecule has 1 aromatic carbocycles. The molecule has 0 aliphatic carbocycles. The number of hydrogen-bond acceptors (Lipinski definition) is 7. The van der Waals surface area contributed by atoms with E-state index in [0.29, 0.717) is 32.9 Å². The van der Waals surface area contributed by atoms with Gasteiger partial charge in [0.25, 0.3) is 5.91 Å². The molecule has 0 radical (unpaired) electrons. The number of nitrogens with zero attached hydrogens (tertiary/aromatic N) is 2. The van der Waals surface area contributed by atoms with Crippen molar-refractivity contribution in [3.05, 3.63) is 52.0 Å². The van der Waals surface area contributed by atoms with E-state index in [0.717, 1.165) is 11.1 Å². The molecule has 0 aliphatic rings. The summed E-state index contributed by atoms with van der Waals surface area (Å²) in [6.07, 6.45) is 1.48. The van der Waals surface area contributed by atoms with Crippen molar-refractivity contribution in [2.45, 2.75) is 34.6 Å². The van der Waals surface area contributed by atoms with Crippen LogP contribution in [-0.4, -0.2) is 26.9 Å². The number of aromatic nitrogens is 2. The van der Waals surface area contributed by atoms with Crippen molar-refractivity contribution >= 4 is 45.6 Å². The minimum absolute atomic E-state index is 0.118. The monoisotopic (exact) mass is 439 g/mol. The van der Waals surface area contributed by atoms with Crippen LogP contribution in [0.3, 0.4) is 0 Å². The van der Waals surface area contributed by atoms with Gasteiger partial charge in [-0.1, -0.05) is 37.3 Å². The Kier molecular flexibility index (Phi) is 6.55. The summed E-state index contributed by atoms with van der Waals surface area (Å²) in [5.74, 6) is 0.522. The number of nitrogens with one attached hydrogen (secondary N) is 3. The number of amides is 2. The van der Waals surface area contributed by atoms with Crippen LogP contribution >= 0.6 is 11.3 Å². The van der Waals surface area contributed by atoms with Gasteiger partial charge in [0.15, 0.2) is 5.13 Å². The second kappa shape index (κ2) is 9.13. The standard InChI is InChI=1S/C22H25N5O3S/c1-11(2)20(29)25-17-9-7-13(4)19(24-17)27-22-23-10-16(31-22)21(30)26-18-12(3)6-8-15(28)14(18)5/h6-11,28H,1-5H3,(H,26,30)(H2,23,24,25,27,29). The minimum atomic E-state index is -0.315. The van der Waals surface area contributed by atoms with Crippen LogP contribution in [0.2, 0.25) is 0 Å². The first-order chi connectivity index (χ1) is 14.7. The zero-order valence-electron chi connectivity index (χ0n) is 18.0. The lowest BCUT2D eigenvalue weighted by molar-refractivity contribution is -0.118. The fraction of sp³-hybridized carbons (Fsp3) is 0.273. The SMILES string of the molecule is Cc1ccc(NC(=O)C(C)C)nc1Nc1ncc(C(=O)Nc2c(C)ccc(O)c2C)s1. The molecule has 0 atom stereocenters. The largest absolute Gasteiger partial charge is 0.508 e. The first kappa shape index (κ1) is 22.2. The lowest BCUT2D eigenvalue weighted by atomic mass is 10.1. The van der Waals surface area contributed by atoms with Crippen molar-refractivity contribution in [3.63, 3.8) is 0 Å². The van der Waals surface area contributed by atoms with E-state index >= 15 is 0 Å². The molecule has 2 amide bonds. The van der Waals surface area contributed by atoms with Crippen LogP contribution in [0.4, 0.5) is 22.5 Å². The van der Waals surface area contributed by atoms with Crippen LogP contribution in [0.5, 0.6) is 5.75 Å². The van der Waals surface area contributed by atoms with E-state index in [1.165, 1.54) is 17.5 Å². The number of aromatic hydroxyl groups is 1. The van der Waals surface area contributed by atoms with E-state index in [9.17, 15) is 14.7 Å². The quantitative estimate of drug-likeness (QED) is 0.440. The van der Waals surface area contributed by atoms with E-state index in [-0.39, 0.29) is 23.5 Å². The zero-order valence-corrected chi connectivity index (χ0v) is 18.8. The Labute approximate surface area is 184 Å². The van der Waals surface area contributed by atoms with E-state index < -0.39 is 0 Å². The Balaban J connectivity index is 1.75. The fourth-order valence-electron chi connectivity index (χ4n) is 2.74. The summed E-state index contributed by atoms with van der Waals surface area (Å²) < 4.78 is 0. The van der Waals surface area contributed by atoms with Gasteiger partial charge in [-0.3, -0.25) is 9.59 Å². The first-order valence-corrected chi connectivity index (χ1v) is 10.6. The number of rotatable bonds is 6. The van der Waals surface area contributed by atoms with Gasteiger partial charge in [0.2, 0.25) is 5.91 Å². The molecule has 0 saturated carbocycles. The van der Waals surface area contributed by atoms with Crippen molar-refractivity contribution in [2.75, 3.05) is 16.0 Å². The summed E-state index contributed by atoms with van der Waals surface area (Å²) >= 11 is 1.18. The number of anilines is 4. The smallest absolute Gasteiger partial charge is 0.267 e. The average Bonchev–Trinajstić information content (AvgIpc) is 3.19. The Morgan fingerprint density at radius 1 is 1.03 bits per heavy atom. The van der Waals surface area contributed by atoms with Gasteiger partial charge >= 0.3 is 0 Å². The maximum Gasteiger partial charge on any atom is 0.267 e. The molecule has 3 aromatic rings. The predicted octanol–water partition coefficient (Wildman–Crippen LogP) is 4.76. The molecular formula is C22H25N5O3S. The summed E-state index contributed by atoms with van der Waals surface area (Å²) in [6.45, 7) is 9.12. The molecular weight excluding hydrogens is 414 g/mol. The number of pyridine rings is 1. The van der Waals surface area contributed by atoms with Crippen LogP contribution in [0.1, 0.15) is 40.2 Å². The summed E-state index contributed by atoms with van der Waals surface area (Å²) in [5, 5.41) is 19.1. The van der Waals surface area contributed by atoms with Gasteiger partial charge in [-0.15, -0.1) is 0 Å². The van der Waals surface area contributed by atoms with Crippen molar-refractivity contribution in [2.24, 2.45) is 5.92 Å². The lowest BCUT2D eigenvalue weighted by Gasteiger charge is -2.12. The van der Waals surface area contributed by atoms with Gasteiger partial charge in [-0.25, -0.2) is 9.97 Å². The number of phenolic OH excluding ortho intramolecular Hbond substituents is 1. The molecule has 31 heavy (non-hydrogen) atoms. The van der Waals surface area contributed by atoms with Gasteiger partial charge in [0.05, 0.1) is 11.9 Å². The molecule has 3 rings (SSSR count). The Bertz CT molecular complexity index is 1140. The summed E-state index contributed by atoms with van der Waals surface area (Å²) in [7, 11) is 0. The van der Waals surface area contributed by atoms with Gasteiger partial charge in [0.1, 0.15) is 22.3 Å². The lowest BCUT2D eigenvalue weighted by Crippen LogP contribution is -2.18. The van der Waals surface area contributed by atoms with E-state index in [4.69, 9.17) is 0 Å². The normalized spacial score (nSPS) is 10.8.